The molecule has 16 heavy (non-hydrogen) atoms. The largest absolute Gasteiger partial charge is 0.326 e. The number of anilines is 2. The van der Waals surface area contributed by atoms with Crippen molar-refractivity contribution >= 4 is 44.7 Å². The lowest BCUT2D eigenvalue weighted by Crippen LogP contribution is -2.05. The lowest BCUT2D eigenvalue weighted by atomic mass is 10.3. The molecule has 0 aliphatic rings. The van der Waals surface area contributed by atoms with Crippen LogP contribution in [0.3, 0.4) is 0 Å². The van der Waals surface area contributed by atoms with Gasteiger partial charge in [0.15, 0.2) is 5.13 Å². The van der Waals surface area contributed by atoms with Crippen LogP contribution in [0.15, 0.2) is 18.2 Å². The molecule has 2 amide bonds. The van der Waals surface area contributed by atoms with E-state index in [4.69, 9.17) is 0 Å². The molecule has 1 aromatic heterocycles. The van der Waals surface area contributed by atoms with Crippen molar-refractivity contribution in [2.45, 2.75) is 6.92 Å². The van der Waals surface area contributed by atoms with Crippen molar-refractivity contribution in [3.63, 3.8) is 0 Å². The predicted octanol–water partition coefficient (Wildman–Crippen LogP) is 1.82. The summed E-state index contributed by atoms with van der Waals surface area (Å²) in [6, 6.07) is 5.39. The molecule has 0 aliphatic heterocycles. The number of carbonyl (C=O) groups excluding carboxylic acids is 2. The Hall–Kier alpha value is -1.95. The van der Waals surface area contributed by atoms with Gasteiger partial charge >= 0.3 is 0 Å². The van der Waals surface area contributed by atoms with Crippen LogP contribution in [0.1, 0.15) is 6.92 Å². The Morgan fingerprint density at radius 3 is 3.00 bits per heavy atom. The summed E-state index contributed by atoms with van der Waals surface area (Å²) in [6.45, 7) is 1.45. The lowest BCUT2D eigenvalue weighted by Gasteiger charge is -1.99. The molecule has 0 bridgehead atoms. The van der Waals surface area contributed by atoms with Crippen LogP contribution in [-0.4, -0.2) is 17.3 Å². The molecule has 6 heteroatoms. The standard InChI is InChI=1S/C10H9N3O2S/c1-6(15)12-7-2-3-8-9(4-7)16-10(13-8)11-5-14/h2-5H,1H3,(H,12,15)(H,11,13,14). The van der Waals surface area contributed by atoms with Crippen LogP contribution in [0, 0.1) is 0 Å². The molecule has 0 unspecified atom stereocenters. The Morgan fingerprint density at radius 1 is 1.50 bits per heavy atom. The van der Waals surface area contributed by atoms with Gasteiger partial charge in [0.05, 0.1) is 10.2 Å². The molecule has 0 saturated carbocycles. The molecule has 2 N–H and O–H groups in total. The normalized spacial score (nSPS) is 10.1. The highest BCUT2D eigenvalue weighted by Gasteiger charge is 2.04. The first kappa shape index (κ1) is 10.6. The minimum Gasteiger partial charge on any atom is -0.326 e. The molecular formula is C10H9N3O2S. The second-order valence-electron chi connectivity index (χ2n) is 3.14. The minimum absolute atomic E-state index is 0.116. The topological polar surface area (TPSA) is 71.1 Å². The van der Waals surface area contributed by atoms with Gasteiger partial charge in [-0.2, -0.15) is 0 Å². The van der Waals surface area contributed by atoms with Crippen molar-refractivity contribution in [2.24, 2.45) is 0 Å². The van der Waals surface area contributed by atoms with E-state index in [9.17, 15) is 9.59 Å². The van der Waals surface area contributed by atoms with Gasteiger partial charge in [-0.05, 0) is 18.2 Å². The quantitative estimate of drug-likeness (QED) is 0.797. The van der Waals surface area contributed by atoms with E-state index < -0.39 is 0 Å². The second kappa shape index (κ2) is 4.28. The predicted molar refractivity (Wildman–Crippen MR) is 63.6 cm³/mol. The van der Waals surface area contributed by atoms with Gasteiger partial charge in [-0.1, -0.05) is 11.3 Å². The molecule has 0 aliphatic carbocycles. The van der Waals surface area contributed by atoms with Gasteiger partial charge in [-0.15, -0.1) is 0 Å². The van der Waals surface area contributed by atoms with Gasteiger partial charge in [0.2, 0.25) is 12.3 Å². The molecule has 5 nitrogen and oxygen atoms in total. The molecular weight excluding hydrogens is 226 g/mol. The number of hydrogen-bond acceptors (Lipinski definition) is 4. The summed E-state index contributed by atoms with van der Waals surface area (Å²) in [4.78, 5) is 25.3. The van der Waals surface area contributed by atoms with E-state index in [1.807, 2.05) is 6.07 Å². The number of aromatic nitrogens is 1. The Bertz CT molecular complexity index is 550. The number of rotatable bonds is 3. The highest BCUT2D eigenvalue weighted by atomic mass is 32.1. The first-order valence-electron chi connectivity index (χ1n) is 4.57. The second-order valence-corrected chi connectivity index (χ2v) is 4.18. The number of hydrogen-bond donors (Lipinski definition) is 2. The summed E-state index contributed by atoms with van der Waals surface area (Å²) < 4.78 is 0.913. The van der Waals surface area contributed by atoms with Gasteiger partial charge in [-0.25, -0.2) is 4.98 Å². The molecule has 1 heterocycles. The van der Waals surface area contributed by atoms with Crippen LogP contribution < -0.4 is 10.6 Å². The fraction of sp³-hybridized carbons (Fsp3) is 0.100. The zero-order valence-electron chi connectivity index (χ0n) is 8.48. The maximum Gasteiger partial charge on any atom is 0.221 e. The van der Waals surface area contributed by atoms with E-state index in [2.05, 4.69) is 15.6 Å². The number of carbonyl (C=O) groups is 2. The summed E-state index contributed by atoms with van der Waals surface area (Å²) >= 11 is 1.36. The third-order valence-corrected chi connectivity index (χ3v) is 2.84. The molecule has 82 valence electrons. The SMILES string of the molecule is CC(=O)Nc1ccc2nc(NC=O)sc2c1. The molecule has 0 atom stereocenters. The summed E-state index contributed by atoms with van der Waals surface area (Å²) in [5, 5.41) is 5.73. The van der Waals surface area contributed by atoms with E-state index in [-0.39, 0.29) is 5.91 Å². The van der Waals surface area contributed by atoms with Crippen LogP contribution >= 0.6 is 11.3 Å². The number of thiazole rings is 1. The molecule has 0 radical (unpaired) electrons. The van der Waals surface area contributed by atoms with Crippen molar-refractivity contribution in [1.82, 2.24) is 4.98 Å². The highest BCUT2D eigenvalue weighted by molar-refractivity contribution is 7.22. The number of fused-ring (bicyclic) bond motifs is 1. The van der Waals surface area contributed by atoms with Crippen molar-refractivity contribution < 1.29 is 9.59 Å². The molecule has 2 aromatic rings. The summed E-state index contributed by atoms with van der Waals surface area (Å²) in [5.41, 5.74) is 1.52. The van der Waals surface area contributed by atoms with E-state index in [0.717, 1.165) is 15.9 Å². The third kappa shape index (κ3) is 2.17. The number of nitrogens with one attached hydrogen (secondary N) is 2. The summed E-state index contributed by atoms with van der Waals surface area (Å²) in [7, 11) is 0. The number of benzene rings is 1. The lowest BCUT2D eigenvalue weighted by molar-refractivity contribution is -0.114. The molecule has 0 fully saturated rings. The smallest absolute Gasteiger partial charge is 0.221 e. The van der Waals surface area contributed by atoms with E-state index in [0.29, 0.717) is 11.5 Å². The van der Waals surface area contributed by atoms with Crippen LogP contribution in [0.25, 0.3) is 10.2 Å². The Balaban J connectivity index is 2.37. The molecule has 1 aromatic carbocycles. The van der Waals surface area contributed by atoms with Gasteiger partial charge in [0.1, 0.15) is 0 Å². The van der Waals surface area contributed by atoms with E-state index in [1.165, 1.54) is 18.3 Å². The fourth-order valence-electron chi connectivity index (χ4n) is 1.32. The number of nitrogens with zero attached hydrogens (tertiary/aromatic N) is 1. The zero-order valence-corrected chi connectivity index (χ0v) is 9.30. The van der Waals surface area contributed by atoms with Crippen LogP contribution in [-0.2, 0) is 9.59 Å². The summed E-state index contributed by atoms with van der Waals surface area (Å²) in [6.07, 6.45) is 0.590. The molecule has 0 spiro atoms. The average Bonchev–Trinajstić information content (AvgIpc) is 2.59. The first-order valence-corrected chi connectivity index (χ1v) is 5.39. The van der Waals surface area contributed by atoms with Gasteiger partial charge < -0.3 is 10.6 Å². The van der Waals surface area contributed by atoms with Crippen molar-refractivity contribution in [3.05, 3.63) is 18.2 Å². The van der Waals surface area contributed by atoms with Crippen LogP contribution in [0.5, 0.6) is 0 Å². The Morgan fingerprint density at radius 2 is 2.31 bits per heavy atom. The highest BCUT2D eigenvalue weighted by Crippen LogP contribution is 2.27. The first-order chi connectivity index (χ1) is 7.69. The molecule has 2 rings (SSSR count). The van der Waals surface area contributed by atoms with Gasteiger partial charge in [0, 0.05) is 12.6 Å². The monoisotopic (exact) mass is 235 g/mol. The van der Waals surface area contributed by atoms with Gasteiger partial charge in [0.25, 0.3) is 0 Å². The zero-order chi connectivity index (χ0) is 11.5. The minimum atomic E-state index is -0.116. The molecule has 0 saturated heterocycles. The average molecular weight is 235 g/mol. The van der Waals surface area contributed by atoms with Crippen molar-refractivity contribution in [2.75, 3.05) is 10.6 Å². The van der Waals surface area contributed by atoms with Crippen molar-refractivity contribution in [1.29, 1.82) is 0 Å². The third-order valence-electron chi connectivity index (χ3n) is 1.89. The number of amides is 2. The van der Waals surface area contributed by atoms with E-state index >= 15 is 0 Å². The maximum atomic E-state index is 10.9. The van der Waals surface area contributed by atoms with Crippen LogP contribution in [0.4, 0.5) is 10.8 Å². The van der Waals surface area contributed by atoms with Gasteiger partial charge in [-0.3, -0.25) is 9.59 Å². The maximum absolute atomic E-state index is 10.9. The summed E-state index contributed by atoms with van der Waals surface area (Å²) in [5.74, 6) is -0.116. The van der Waals surface area contributed by atoms with E-state index in [1.54, 1.807) is 12.1 Å². The Kier molecular flexibility index (Phi) is 2.82. The van der Waals surface area contributed by atoms with Crippen molar-refractivity contribution in [3.8, 4) is 0 Å². The van der Waals surface area contributed by atoms with Crippen LogP contribution in [0.2, 0.25) is 0 Å². The Labute approximate surface area is 95.5 Å². The fourth-order valence-corrected chi connectivity index (χ4v) is 2.18.